The highest BCUT2D eigenvalue weighted by atomic mass is 16.3. The van der Waals surface area contributed by atoms with Crippen molar-refractivity contribution in [2.45, 2.75) is 13.8 Å². The normalized spacial score (nSPS) is 15.4. The molecule has 1 aliphatic heterocycles. The first-order valence-electron chi connectivity index (χ1n) is 9.58. The molecule has 0 saturated carbocycles. The number of rotatable bonds is 4. The molecule has 1 fully saturated rings. The number of β-amino-alcohol motifs (C(OH)–C–C–N with tert-alkyl or cyclic N) is 1. The molecule has 0 aliphatic carbocycles. The van der Waals surface area contributed by atoms with Gasteiger partial charge in [-0.1, -0.05) is 36.4 Å². The molecule has 140 valence electrons. The predicted octanol–water partition coefficient (Wildman–Crippen LogP) is 3.03. The minimum Gasteiger partial charge on any atom is -0.395 e. The summed E-state index contributed by atoms with van der Waals surface area (Å²) in [6.07, 6.45) is 0. The monoisotopic (exact) mass is 362 g/mol. The van der Waals surface area contributed by atoms with Crippen molar-refractivity contribution in [3.8, 4) is 11.3 Å². The van der Waals surface area contributed by atoms with E-state index >= 15 is 0 Å². The highest BCUT2D eigenvalue weighted by molar-refractivity contribution is 6.00. The summed E-state index contributed by atoms with van der Waals surface area (Å²) >= 11 is 0. The first-order valence-corrected chi connectivity index (χ1v) is 9.58. The zero-order valence-electron chi connectivity index (χ0n) is 16.0. The van der Waals surface area contributed by atoms with Crippen molar-refractivity contribution < 1.29 is 5.11 Å². The minimum atomic E-state index is 0.216. The van der Waals surface area contributed by atoms with E-state index in [1.807, 2.05) is 0 Å². The van der Waals surface area contributed by atoms with Crippen molar-refractivity contribution in [2.24, 2.45) is 0 Å². The highest BCUT2D eigenvalue weighted by Gasteiger charge is 2.21. The highest BCUT2D eigenvalue weighted by Crippen LogP contribution is 2.32. The third-order valence-corrected chi connectivity index (χ3v) is 5.54. The van der Waals surface area contributed by atoms with Gasteiger partial charge in [-0.25, -0.2) is 0 Å². The Morgan fingerprint density at radius 1 is 0.889 bits per heavy atom. The topological polar surface area (TPSA) is 52.5 Å². The minimum absolute atomic E-state index is 0.216. The molecule has 1 aromatic heterocycles. The van der Waals surface area contributed by atoms with Crippen LogP contribution in [0.5, 0.6) is 0 Å². The van der Waals surface area contributed by atoms with Crippen molar-refractivity contribution in [2.75, 3.05) is 44.2 Å². The van der Waals surface area contributed by atoms with E-state index in [2.05, 4.69) is 76.3 Å². The van der Waals surface area contributed by atoms with Gasteiger partial charge in [0.25, 0.3) is 0 Å². The van der Waals surface area contributed by atoms with E-state index in [0.29, 0.717) is 0 Å². The van der Waals surface area contributed by atoms with Gasteiger partial charge in [0.15, 0.2) is 5.82 Å². The van der Waals surface area contributed by atoms with Crippen LogP contribution in [0.1, 0.15) is 11.1 Å². The summed E-state index contributed by atoms with van der Waals surface area (Å²) in [5.74, 6) is 0.960. The number of aliphatic hydroxyl groups excluding tert-OH is 1. The molecule has 1 aliphatic rings. The molecule has 4 rings (SSSR count). The van der Waals surface area contributed by atoms with Crippen LogP contribution in [0.15, 0.2) is 42.5 Å². The van der Waals surface area contributed by atoms with Gasteiger partial charge in [0, 0.05) is 49.1 Å². The van der Waals surface area contributed by atoms with Crippen molar-refractivity contribution in [3.05, 3.63) is 53.6 Å². The molecule has 5 nitrogen and oxygen atoms in total. The number of piperazine rings is 1. The fourth-order valence-electron chi connectivity index (χ4n) is 3.75. The van der Waals surface area contributed by atoms with Crippen LogP contribution in [-0.4, -0.2) is 59.5 Å². The van der Waals surface area contributed by atoms with Gasteiger partial charge in [0.1, 0.15) is 5.69 Å². The number of hydrogen-bond acceptors (Lipinski definition) is 5. The second-order valence-electron chi connectivity index (χ2n) is 7.27. The number of nitrogens with zero attached hydrogens (tertiary/aromatic N) is 4. The van der Waals surface area contributed by atoms with Gasteiger partial charge in [-0.2, -0.15) is 0 Å². The van der Waals surface area contributed by atoms with Crippen molar-refractivity contribution in [3.63, 3.8) is 0 Å². The molecule has 0 bridgehead atoms. The van der Waals surface area contributed by atoms with Crippen LogP contribution >= 0.6 is 0 Å². The van der Waals surface area contributed by atoms with Crippen LogP contribution in [-0.2, 0) is 0 Å². The molecule has 0 atom stereocenters. The van der Waals surface area contributed by atoms with Gasteiger partial charge < -0.3 is 10.0 Å². The number of hydrogen-bond donors (Lipinski definition) is 1. The number of aliphatic hydroxyl groups is 1. The quantitative estimate of drug-likeness (QED) is 0.773. The van der Waals surface area contributed by atoms with Gasteiger partial charge in [-0.05, 0) is 31.0 Å². The standard InChI is InChI=1S/C22H26N4O/c1-16-7-8-18(15-17(16)2)21-19-5-3-4-6-20(19)22(24-23-21)26-11-9-25(10-12-26)13-14-27/h3-8,15,27H,9-14H2,1-2H3. The maximum Gasteiger partial charge on any atom is 0.159 e. The van der Waals surface area contributed by atoms with Crippen molar-refractivity contribution >= 4 is 16.6 Å². The zero-order chi connectivity index (χ0) is 18.8. The maximum absolute atomic E-state index is 9.14. The van der Waals surface area contributed by atoms with E-state index in [4.69, 9.17) is 5.11 Å². The van der Waals surface area contributed by atoms with E-state index in [1.54, 1.807) is 0 Å². The van der Waals surface area contributed by atoms with Gasteiger partial charge in [-0.15, -0.1) is 10.2 Å². The van der Waals surface area contributed by atoms with Crippen LogP contribution in [0.3, 0.4) is 0 Å². The van der Waals surface area contributed by atoms with E-state index < -0.39 is 0 Å². The van der Waals surface area contributed by atoms with E-state index in [-0.39, 0.29) is 6.61 Å². The Bertz CT molecular complexity index is 948. The van der Waals surface area contributed by atoms with E-state index in [0.717, 1.165) is 60.6 Å². The molecule has 1 N–H and O–H groups in total. The lowest BCUT2D eigenvalue weighted by Gasteiger charge is -2.35. The molecule has 3 aromatic rings. The summed E-state index contributed by atoms with van der Waals surface area (Å²) < 4.78 is 0. The molecule has 1 saturated heterocycles. The molecular formula is C22H26N4O. The smallest absolute Gasteiger partial charge is 0.159 e. The number of fused-ring (bicyclic) bond motifs is 1. The first kappa shape index (κ1) is 17.9. The second kappa shape index (κ2) is 7.62. The molecule has 0 unspecified atom stereocenters. The van der Waals surface area contributed by atoms with Crippen LogP contribution in [0.4, 0.5) is 5.82 Å². The average Bonchev–Trinajstić information content (AvgIpc) is 2.70. The Morgan fingerprint density at radius 3 is 2.33 bits per heavy atom. The number of anilines is 1. The van der Waals surface area contributed by atoms with Crippen molar-refractivity contribution in [1.29, 1.82) is 0 Å². The summed E-state index contributed by atoms with van der Waals surface area (Å²) in [7, 11) is 0. The summed E-state index contributed by atoms with van der Waals surface area (Å²) in [5.41, 5.74) is 4.60. The third-order valence-electron chi connectivity index (χ3n) is 5.54. The lowest BCUT2D eigenvalue weighted by atomic mass is 10.0. The zero-order valence-corrected chi connectivity index (χ0v) is 16.0. The molecule has 0 radical (unpaired) electrons. The van der Waals surface area contributed by atoms with E-state index in [1.165, 1.54) is 11.1 Å². The first-order chi connectivity index (χ1) is 13.2. The summed E-state index contributed by atoms with van der Waals surface area (Å²) in [6, 6.07) is 14.9. The SMILES string of the molecule is Cc1ccc(-c2nnc(N3CCN(CCO)CC3)c3ccccc23)cc1C. The summed E-state index contributed by atoms with van der Waals surface area (Å²) in [5, 5.41) is 20.7. The number of aryl methyl sites for hydroxylation is 2. The fraction of sp³-hybridized carbons (Fsp3) is 0.364. The largest absolute Gasteiger partial charge is 0.395 e. The van der Waals surface area contributed by atoms with Gasteiger partial charge in [-0.3, -0.25) is 4.90 Å². The molecule has 27 heavy (non-hydrogen) atoms. The molecule has 5 heteroatoms. The Balaban J connectivity index is 1.72. The molecule has 2 aromatic carbocycles. The third kappa shape index (κ3) is 3.53. The Hall–Kier alpha value is -2.50. The van der Waals surface area contributed by atoms with Crippen LogP contribution in [0.25, 0.3) is 22.0 Å². The predicted molar refractivity (Wildman–Crippen MR) is 110 cm³/mol. The van der Waals surface area contributed by atoms with Crippen LogP contribution < -0.4 is 4.90 Å². The Kier molecular flexibility index (Phi) is 5.05. The van der Waals surface area contributed by atoms with Crippen molar-refractivity contribution in [1.82, 2.24) is 15.1 Å². The summed E-state index contributed by atoms with van der Waals surface area (Å²) in [4.78, 5) is 4.60. The molecule has 2 heterocycles. The lowest BCUT2D eigenvalue weighted by molar-refractivity contribution is 0.188. The van der Waals surface area contributed by atoms with Gasteiger partial charge in [0.2, 0.25) is 0 Å². The van der Waals surface area contributed by atoms with E-state index in [9.17, 15) is 0 Å². The van der Waals surface area contributed by atoms with Gasteiger partial charge >= 0.3 is 0 Å². The lowest BCUT2D eigenvalue weighted by Crippen LogP contribution is -2.47. The molecular weight excluding hydrogens is 336 g/mol. The Morgan fingerprint density at radius 2 is 1.63 bits per heavy atom. The summed E-state index contributed by atoms with van der Waals surface area (Å²) in [6.45, 7) is 8.91. The maximum atomic E-state index is 9.14. The average molecular weight is 362 g/mol. The fourth-order valence-corrected chi connectivity index (χ4v) is 3.75. The molecule has 0 spiro atoms. The molecule has 0 amide bonds. The number of aromatic nitrogens is 2. The van der Waals surface area contributed by atoms with Crippen LogP contribution in [0, 0.1) is 13.8 Å². The Labute approximate surface area is 160 Å². The second-order valence-corrected chi connectivity index (χ2v) is 7.27. The number of benzene rings is 2. The van der Waals surface area contributed by atoms with Gasteiger partial charge in [0.05, 0.1) is 6.61 Å². The van der Waals surface area contributed by atoms with Crippen LogP contribution in [0.2, 0.25) is 0 Å².